The Balaban J connectivity index is 3.09. The molecule has 1 rings (SSSR count). The SMILES string of the molecule is CCC(N)Cc1c(Cl)cccc1N(C)C(C)C(C)C. The normalized spacial score (nSPS) is 14.5. The van der Waals surface area contributed by atoms with Crippen LogP contribution >= 0.6 is 11.6 Å². The third-order valence-corrected chi connectivity index (χ3v) is 4.39. The van der Waals surface area contributed by atoms with E-state index in [1.165, 1.54) is 11.3 Å². The summed E-state index contributed by atoms with van der Waals surface area (Å²) < 4.78 is 0. The monoisotopic (exact) mass is 282 g/mol. The molecule has 2 nitrogen and oxygen atoms in total. The Morgan fingerprint density at radius 2 is 1.89 bits per heavy atom. The summed E-state index contributed by atoms with van der Waals surface area (Å²) >= 11 is 6.38. The summed E-state index contributed by atoms with van der Waals surface area (Å²) in [5.41, 5.74) is 8.48. The molecular formula is C16H27ClN2. The van der Waals surface area contributed by atoms with Gasteiger partial charge in [0.25, 0.3) is 0 Å². The van der Waals surface area contributed by atoms with E-state index in [9.17, 15) is 0 Å². The molecule has 1 aromatic rings. The smallest absolute Gasteiger partial charge is 0.0459 e. The highest BCUT2D eigenvalue weighted by Crippen LogP contribution is 2.30. The van der Waals surface area contributed by atoms with Gasteiger partial charge in [-0.1, -0.05) is 38.4 Å². The molecule has 0 heterocycles. The van der Waals surface area contributed by atoms with Crippen molar-refractivity contribution in [2.75, 3.05) is 11.9 Å². The van der Waals surface area contributed by atoms with Gasteiger partial charge in [0.2, 0.25) is 0 Å². The predicted molar refractivity (Wildman–Crippen MR) is 86.1 cm³/mol. The van der Waals surface area contributed by atoms with Crippen LogP contribution in [0.15, 0.2) is 18.2 Å². The molecule has 0 spiro atoms. The fourth-order valence-electron chi connectivity index (χ4n) is 2.15. The highest BCUT2D eigenvalue weighted by Gasteiger charge is 2.18. The molecular weight excluding hydrogens is 256 g/mol. The van der Waals surface area contributed by atoms with Gasteiger partial charge in [-0.15, -0.1) is 0 Å². The van der Waals surface area contributed by atoms with E-state index in [1.807, 2.05) is 12.1 Å². The van der Waals surface area contributed by atoms with Gasteiger partial charge < -0.3 is 10.6 Å². The van der Waals surface area contributed by atoms with Crippen LogP contribution in [0.4, 0.5) is 5.69 Å². The maximum Gasteiger partial charge on any atom is 0.0459 e. The molecule has 19 heavy (non-hydrogen) atoms. The van der Waals surface area contributed by atoms with Gasteiger partial charge in [0, 0.05) is 29.8 Å². The second kappa shape index (κ2) is 7.16. The lowest BCUT2D eigenvalue weighted by atomic mass is 9.99. The third kappa shape index (κ3) is 4.12. The van der Waals surface area contributed by atoms with E-state index < -0.39 is 0 Å². The van der Waals surface area contributed by atoms with E-state index in [1.54, 1.807) is 0 Å². The number of halogens is 1. The zero-order chi connectivity index (χ0) is 14.6. The zero-order valence-electron chi connectivity index (χ0n) is 12.8. The Morgan fingerprint density at radius 3 is 2.42 bits per heavy atom. The largest absolute Gasteiger partial charge is 0.371 e. The summed E-state index contributed by atoms with van der Waals surface area (Å²) in [5, 5.41) is 0.823. The van der Waals surface area contributed by atoms with Gasteiger partial charge in [-0.05, 0) is 43.4 Å². The van der Waals surface area contributed by atoms with Gasteiger partial charge in [-0.3, -0.25) is 0 Å². The number of rotatable bonds is 6. The molecule has 0 fully saturated rings. The minimum atomic E-state index is 0.168. The molecule has 2 atom stereocenters. The Bertz CT molecular complexity index is 404. The van der Waals surface area contributed by atoms with Crippen LogP contribution in [0.2, 0.25) is 5.02 Å². The van der Waals surface area contributed by atoms with E-state index in [0.717, 1.165) is 17.9 Å². The van der Waals surface area contributed by atoms with Crippen LogP contribution in [0, 0.1) is 5.92 Å². The zero-order valence-corrected chi connectivity index (χ0v) is 13.5. The topological polar surface area (TPSA) is 29.3 Å². The number of hydrogen-bond acceptors (Lipinski definition) is 2. The van der Waals surface area contributed by atoms with Gasteiger partial charge in [0.1, 0.15) is 0 Å². The molecule has 0 bridgehead atoms. The predicted octanol–water partition coefficient (Wildman–Crippen LogP) is 4.10. The van der Waals surface area contributed by atoms with Crippen molar-refractivity contribution in [3.05, 3.63) is 28.8 Å². The van der Waals surface area contributed by atoms with Crippen molar-refractivity contribution in [3.8, 4) is 0 Å². The molecule has 2 unspecified atom stereocenters. The number of anilines is 1. The first-order chi connectivity index (χ1) is 8.88. The van der Waals surface area contributed by atoms with Gasteiger partial charge >= 0.3 is 0 Å². The summed E-state index contributed by atoms with van der Waals surface area (Å²) in [6.07, 6.45) is 1.80. The lowest BCUT2D eigenvalue weighted by molar-refractivity contribution is 0.504. The summed E-state index contributed by atoms with van der Waals surface area (Å²) in [6.45, 7) is 8.84. The average molecular weight is 283 g/mol. The fraction of sp³-hybridized carbons (Fsp3) is 0.625. The minimum Gasteiger partial charge on any atom is -0.371 e. The van der Waals surface area contributed by atoms with Crippen LogP contribution in [0.5, 0.6) is 0 Å². The molecule has 108 valence electrons. The van der Waals surface area contributed by atoms with Gasteiger partial charge in [0.05, 0.1) is 0 Å². The van der Waals surface area contributed by atoms with Crippen molar-refractivity contribution < 1.29 is 0 Å². The van der Waals surface area contributed by atoms with Crippen molar-refractivity contribution in [1.82, 2.24) is 0 Å². The minimum absolute atomic E-state index is 0.168. The first-order valence-corrected chi connectivity index (χ1v) is 7.52. The molecule has 0 aromatic heterocycles. The van der Waals surface area contributed by atoms with Gasteiger partial charge in [-0.2, -0.15) is 0 Å². The maximum atomic E-state index is 6.38. The number of benzene rings is 1. The number of hydrogen-bond donors (Lipinski definition) is 1. The third-order valence-electron chi connectivity index (χ3n) is 4.04. The number of nitrogens with zero attached hydrogens (tertiary/aromatic N) is 1. The average Bonchev–Trinajstić information content (AvgIpc) is 2.38. The quantitative estimate of drug-likeness (QED) is 0.851. The first-order valence-electron chi connectivity index (χ1n) is 7.14. The van der Waals surface area contributed by atoms with Crippen molar-refractivity contribution in [2.45, 2.75) is 52.6 Å². The second-order valence-electron chi connectivity index (χ2n) is 5.71. The maximum absolute atomic E-state index is 6.38. The molecule has 0 radical (unpaired) electrons. The molecule has 2 N–H and O–H groups in total. The van der Waals surface area contributed by atoms with Gasteiger partial charge in [0.15, 0.2) is 0 Å². The van der Waals surface area contributed by atoms with E-state index in [0.29, 0.717) is 12.0 Å². The molecule has 0 saturated heterocycles. The Kier molecular flexibility index (Phi) is 6.15. The molecule has 0 amide bonds. The van der Waals surface area contributed by atoms with Gasteiger partial charge in [-0.25, -0.2) is 0 Å². The fourth-order valence-corrected chi connectivity index (χ4v) is 2.40. The van der Waals surface area contributed by atoms with E-state index in [2.05, 4.69) is 45.7 Å². The van der Waals surface area contributed by atoms with E-state index in [4.69, 9.17) is 17.3 Å². The van der Waals surface area contributed by atoms with Crippen LogP contribution < -0.4 is 10.6 Å². The lowest BCUT2D eigenvalue weighted by Crippen LogP contribution is -2.34. The first kappa shape index (κ1) is 16.3. The lowest BCUT2D eigenvalue weighted by Gasteiger charge is -2.32. The summed E-state index contributed by atoms with van der Waals surface area (Å²) in [4.78, 5) is 2.31. The summed E-state index contributed by atoms with van der Waals surface area (Å²) in [7, 11) is 2.14. The molecule has 0 aliphatic carbocycles. The second-order valence-corrected chi connectivity index (χ2v) is 6.11. The Labute approximate surface area is 122 Å². The Morgan fingerprint density at radius 1 is 1.26 bits per heavy atom. The van der Waals surface area contributed by atoms with Crippen molar-refractivity contribution in [2.24, 2.45) is 11.7 Å². The highest BCUT2D eigenvalue weighted by molar-refractivity contribution is 6.31. The number of nitrogens with two attached hydrogens (primary N) is 1. The van der Waals surface area contributed by atoms with Crippen molar-refractivity contribution >= 4 is 17.3 Å². The molecule has 1 aromatic carbocycles. The highest BCUT2D eigenvalue weighted by atomic mass is 35.5. The Hall–Kier alpha value is -0.730. The van der Waals surface area contributed by atoms with Crippen LogP contribution in [0.25, 0.3) is 0 Å². The van der Waals surface area contributed by atoms with Crippen LogP contribution in [0.1, 0.15) is 39.7 Å². The van der Waals surface area contributed by atoms with Crippen LogP contribution in [0.3, 0.4) is 0 Å². The summed E-state index contributed by atoms with van der Waals surface area (Å²) in [5.74, 6) is 0.594. The standard InChI is InChI=1S/C16H27ClN2/c1-6-13(18)10-14-15(17)8-7-9-16(14)19(5)12(4)11(2)3/h7-9,11-13H,6,10,18H2,1-5H3. The van der Waals surface area contributed by atoms with Crippen LogP contribution in [-0.4, -0.2) is 19.1 Å². The molecule has 0 aliphatic rings. The van der Waals surface area contributed by atoms with Crippen LogP contribution in [-0.2, 0) is 6.42 Å². The van der Waals surface area contributed by atoms with E-state index in [-0.39, 0.29) is 6.04 Å². The molecule has 0 aliphatic heterocycles. The van der Waals surface area contributed by atoms with Crippen molar-refractivity contribution in [3.63, 3.8) is 0 Å². The molecule has 3 heteroatoms. The molecule has 0 saturated carbocycles. The van der Waals surface area contributed by atoms with Crippen molar-refractivity contribution in [1.29, 1.82) is 0 Å². The summed E-state index contributed by atoms with van der Waals surface area (Å²) in [6, 6.07) is 6.75. The van der Waals surface area contributed by atoms with E-state index >= 15 is 0 Å².